The topological polar surface area (TPSA) is 15.3 Å². The van der Waals surface area contributed by atoms with Crippen LogP contribution >= 0.6 is 35.6 Å². The molecule has 1 aromatic rings. The Bertz CT molecular complexity index is 413. The van der Waals surface area contributed by atoms with Crippen LogP contribution in [0.5, 0.6) is 0 Å². The van der Waals surface area contributed by atoms with Crippen LogP contribution in [0.2, 0.25) is 10.0 Å². The highest BCUT2D eigenvalue weighted by atomic mass is 35.5. The van der Waals surface area contributed by atoms with E-state index >= 15 is 0 Å². The average molecular weight is 308 g/mol. The van der Waals surface area contributed by atoms with Crippen molar-refractivity contribution in [2.24, 2.45) is 11.8 Å². The van der Waals surface area contributed by atoms with Gasteiger partial charge in [-0.15, -0.1) is 12.4 Å². The summed E-state index contributed by atoms with van der Waals surface area (Å²) in [7, 11) is 0. The smallest absolute Gasteiger partial charge is 0.0452 e. The molecule has 0 amide bonds. The van der Waals surface area contributed by atoms with E-state index < -0.39 is 0 Å². The molecule has 2 nitrogen and oxygen atoms in total. The SMILES string of the molecule is Cl.Clc1ccc(Cl)c(CN2C[C@H]3CNC[C@H]3C2)c1. The molecule has 2 atom stereocenters. The molecule has 0 aliphatic carbocycles. The third-order valence-corrected chi connectivity index (χ3v) is 4.47. The van der Waals surface area contributed by atoms with Crippen molar-refractivity contribution in [1.29, 1.82) is 0 Å². The molecule has 2 fully saturated rings. The molecule has 3 rings (SSSR count). The van der Waals surface area contributed by atoms with Crippen molar-refractivity contribution in [1.82, 2.24) is 10.2 Å². The van der Waals surface area contributed by atoms with E-state index in [-0.39, 0.29) is 12.4 Å². The molecule has 2 aliphatic rings. The van der Waals surface area contributed by atoms with Gasteiger partial charge in [-0.2, -0.15) is 0 Å². The van der Waals surface area contributed by atoms with Crippen LogP contribution in [0, 0.1) is 11.8 Å². The number of halogens is 3. The van der Waals surface area contributed by atoms with Crippen molar-refractivity contribution in [2.75, 3.05) is 26.2 Å². The minimum Gasteiger partial charge on any atom is -0.316 e. The maximum Gasteiger partial charge on any atom is 0.0452 e. The minimum atomic E-state index is 0. The van der Waals surface area contributed by atoms with Crippen molar-refractivity contribution in [3.63, 3.8) is 0 Å². The Morgan fingerprint density at radius 3 is 2.50 bits per heavy atom. The van der Waals surface area contributed by atoms with Gasteiger partial charge in [0.05, 0.1) is 0 Å². The van der Waals surface area contributed by atoms with Crippen molar-refractivity contribution in [2.45, 2.75) is 6.54 Å². The number of benzene rings is 1. The molecule has 0 bridgehead atoms. The minimum absolute atomic E-state index is 0. The zero-order valence-corrected chi connectivity index (χ0v) is 12.4. The first-order valence-corrected chi connectivity index (χ1v) is 6.85. The van der Waals surface area contributed by atoms with Gasteiger partial charge in [-0.05, 0) is 48.7 Å². The van der Waals surface area contributed by atoms with Gasteiger partial charge in [0.1, 0.15) is 0 Å². The Balaban J connectivity index is 0.00000120. The quantitative estimate of drug-likeness (QED) is 0.903. The van der Waals surface area contributed by atoms with Crippen LogP contribution in [0.3, 0.4) is 0 Å². The van der Waals surface area contributed by atoms with Crippen molar-refractivity contribution < 1.29 is 0 Å². The first-order valence-electron chi connectivity index (χ1n) is 6.09. The Hall–Kier alpha value is 0.01000. The van der Waals surface area contributed by atoms with Gasteiger partial charge in [0.15, 0.2) is 0 Å². The normalized spacial score (nSPS) is 27.0. The first-order chi connectivity index (χ1) is 8.22. The molecular weight excluding hydrogens is 291 g/mol. The number of likely N-dealkylation sites (tertiary alicyclic amines) is 1. The predicted octanol–water partition coefficient (Wildman–Crippen LogP) is 3.07. The maximum absolute atomic E-state index is 6.20. The highest BCUT2D eigenvalue weighted by molar-refractivity contribution is 6.33. The summed E-state index contributed by atoms with van der Waals surface area (Å²) >= 11 is 12.2. The molecule has 0 unspecified atom stereocenters. The summed E-state index contributed by atoms with van der Waals surface area (Å²) in [6, 6.07) is 5.71. The molecule has 2 aliphatic heterocycles. The summed E-state index contributed by atoms with van der Waals surface area (Å²) < 4.78 is 0. The fraction of sp³-hybridized carbons (Fsp3) is 0.538. The van der Waals surface area contributed by atoms with E-state index in [1.807, 2.05) is 18.2 Å². The number of nitrogens with zero attached hydrogens (tertiary/aromatic N) is 1. The number of nitrogens with one attached hydrogen (secondary N) is 1. The van der Waals surface area contributed by atoms with Gasteiger partial charge in [0.25, 0.3) is 0 Å². The van der Waals surface area contributed by atoms with E-state index in [2.05, 4.69) is 10.2 Å². The molecule has 2 saturated heterocycles. The Labute approximate surface area is 124 Å². The van der Waals surface area contributed by atoms with Gasteiger partial charge in [-0.3, -0.25) is 4.90 Å². The summed E-state index contributed by atoms with van der Waals surface area (Å²) in [6.07, 6.45) is 0. The predicted molar refractivity (Wildman–Crippen MR) is 78.8 cm³/mol. The molecule has 0 radical (unpaired) electrons. The van der Waals surface area contributed by atoms with Crippen molar-refractivity contribution in [3.05, 3.63) is 33.8 Å². The molecule has 5 heteroatoms. The lowest BCUT2D eigenvalue weighted by molar-refractivity contribution is 0.306. The summed E-state index contributed by atoms with van der Waals surface area (Å²) in [5.41, 5.74) is 1.15. The zero-order chi connectivity index (χ0) is 11.8. The van der Waals surface area contributed by atoms with E-state index in [4.69, 9.17) is 23.2 Å². The molecule has 0 saturated carbocycles. The van der Waals surface area contributed by atoms with E-state index in [0.717, 1.165) is 34.0 Å². The lowest BCUT2D eigenvalue weighted by atomic mass is 10.0. The van der Waals surface area contributed by atoms with Crippen molar-refractivity contribution >= 4 is 35.6 Å². The second-order valence-electron chi connectivity index (χ2n) is 5.11. The summed E-state index contributed by atoms with van der Waals surface area (Å²) in [5, 5.41) is 5.05. The van der Waals surface area contributed by atoms with Crippen LogP contribution in [0.4, 0.5) is 0 Å². The third-order valence-electron chi connectivity index (χ3n) is 3.87. The Morgan fingerprint density at radius 1 is 1.17 bits per heavy atom. The highest BCUT2D eigenvalue weighted by Gasteiger charge is 2.35. The largest absolute Gasteiger partial charge is 0.316 e. The lowest BCUT2D eigenvalue weighted by Crippen LogP contribution is -2.25. The van der Waals surface area contributed by atoms with E-state index in [0.29, 0.717) is 0 Å². The number of fused-ring (bicyclic) bond motifs is 1. The highest BCUT2D eigenvalue weighted by Crippen LogP contribution is 2.29. The number of rotatable bonds is 2. The molecule has 100 valence electrons. The second-order valence-corrected chi connectivity index (χ2v) is 5.95. The first kappa shape index (κ1) is 14.4. The Morgan fingerprint density at radius 2 is 1.83 bits per heavy atom. The summed E-state index contributed by atoms with van der Waals surface area (Å²) in [5.74, 6) is 1.65. The molecule has 18 heavy (non-hydrogen) atoms. The zero-order valence-electron chi connectivity index (χ0n) is 10.0. The molecule has 1 N–H and O–H groups in total. The van der Waals surface area contributed by atoms with Gasteiger partial charge in [0, 0.05) is 29.7 Å². The fourth-order valence-corrected chi connectivity index (χ4v) is 3.36. The molecular formula is C13H17Cl3N2. The van der Waals surface area contributed by atoms with Gasteiger partial charge in [-0.25, -0.2) is 0 Å². The molecule has 1 aromatic carbocycles. The molecule has 0 aromatic heterocycles. The van der Waals surface area contributed by atoms with Crippen LogP contribution in [-0.4, -0.2) is 31.1 Å². The lowest BCUT2D eigenvalue weighted by Gasteiger charge is -2.17. The number of hydrogen-bond donors (Lipinski definition) is 1. The average Bonchev–Trinajstić information content (AvgIpc) is 2.83. The van der Waals surface area contributed by atoms with E-state index in [1.165, 1.54) is 26.2 Å². The molecule has 2 heterocycles. The van der Waals surface area contributed by atoms with Gasteiger partial charge in [-0.1, -0.05) is 23.2 Å². The van der Waals surface area contributed by atoms with Crippen LogP contribution in [0.25, 0.3) is 0 Å². The van der Waals surface area contributed by atoms with Crippen LogP contribution < -0.4 is 5.32 Å². The summed E-state index contributed by atoms with van der Waals surface area (Å²) in [4.78, 5) is 2.49. The van der Waals surface area contributed by atoms with E-state index in [9.17, 15) is 0 Å². The van der Waals surface area contributed by atoms with Gasteiger partial charge < -0.3 is 5.32 Å². The van der Waals surface area contributed by atoms with E-state index in [1.54, 1.807) is 0 Å². The fourth-order valence-electron chi connectivity index (χ4n) is 2.99. The van der Waals surface area contributed by atoms with Gasteiger partial charge in [0.2, 0.25) is 0 Å². The summed E-state index contributed by atoms with van der Waals surface area (Å²) in [6.45, 7) is 5.63. The standard InChI is InChI=1S/C13H16Cl2N2.ClH/c14-12-1-2-13(15)9(3-12)6-17-7-10-4-16-5-11(10)8-17;/h1-3,10-11,16H,4-8H2;1H/t10-,11+;. The Kier molecular flexibility index (Phi) is 4.79. The third kappa shape index (κ3) is 2.94. The molecule has 0 spiro atoms. The van der Waals surface area contributed by atoms with Gasteiger partial charge >= 0.3 is 0 Å². The van der Waals surface area contributed by atoms with Crippen LogP contribution in [0.1, 0.15) is 5.56 Å². The monoisotopic (exact) mass is 306 g/mol. The van der Waals surface area contributed by atoms with Crippen molar-refractivity contribution in [3.8, 4) is 0 Å². The number of hydrogen-bond acceptors (Lipinski definition) is 2. The van der Waals surface area contributed by atoms with Crippen LogP contribution in [-0.2, 0) is 6.54 Å². The maximum atomic E-state index is 6.20. The van der Waals surface area contributed by atoms with Crippen LogP contribution in [0.15, 0.2) is 18.2 Å². The second kappa shape index (κ2) is 5.98.